The molecule has 1 saturated heterocycles. The molecule has 2 heterocycles. The van der Waals surface area contributed by atoms with Crippen molar-refractivity contribution in [1.82, 2.24) is 10.3 Å². The minimum absolute atomic E-state index is 0.334. The van der Waals surface area contributed by atoms with Crippen molar-refractivity contribution in [3.63, 3.8) is 0 Å². The summed E-state index contributed by atoms with van der Waals surface area (Å²) in [6.07, 6.45) is 4.35. The molecule has 1 saturated carbocycles. The number of nitrogens with zero attached hydrogens (tertiary/aromatic N) is 2. The molecule has 86 valence electrons. The van der Waals surface area contributed by atoms with E-state index in [1.54, 1.807) is 0 Å². The van der Waals surface area contributed by atoms with Crippen molar-refractivity contribution in [2.75, 3.05) is 24.5 Å². The Morgan fingerprint density at radius 3 is 3.06 bits per heavy atom. The lowest BCUT2D eigenvalue weighted by atomic mass is 10.1. The molecule has 1 N–H and O–H groups in total. The van der Waals surface area contributed by atoms with Gasteiger partial charge in [-0.15, -0.1) is 0 Å². The highest BCUT2D eigenvalue weighted by atomic mass is 35.5. The molecule has 1 aromatic rings. The second-order valence-corrected chi connectivity index (χ2v) is 5.20. The fourth-order valence-corrected chi connectivity index (χ4v) is 2.68. The molecule has 1 aliphatic carbocycles. The highest BCUT2D eigenvalue weighted by Gasteiger charge is 2.50. The van der Waals surface area contributed by atoms with Crippen LogP contribution in [0.15, 0.2) is 12.3 Å². The van der Waals surface area contributed by atoms with Crippen LogP contribution in [-0.2, 0) is 0 Å². The van der Waals surface area contributed by atoms with Gasteiger partial charge in [-0.25, -0.2) is 4.98 Å². The predicted octanol–water partition coefficient (Wildman–Crippen LogP) is 1.99. The van der Waals surface area contributed by atoms with E-state index in [1.807, 2.05) is 12.3 Å². The molecule has 2 fully saturated rings. The summed E-state index contributed by atoms with van der Waals surface area (Å²) in [6, 6.07) is 1.86. The van der Waals surface area contributed by atoms with Crippen LogP contribution in [0.4, 0.5) is 5.82 Å². The number of aromatic nitrogens is 1. The molecule has 0 radical (unpaired) electrons. The Morgan fingerprint density at radius 1 is 1.50 bits per heavy atom. The number of hydrogen-bond acceptors (Lipinski definition) is 3. The summed E-state index contributed by atoms with van der Waals surface area (Å²) in [7, 11) is 0. The average Bonchev–Trinajstić information content (AvgIpc) is 3.04. The Labute approximate surface area is 101 Å². The molecule has 3 rings (SSSR count). The van der Waals surface area contributed by atoms with Gasteiger partial charge in [0.05, 0.1) is 5.54 Å². The lowest BCUT2D eigenvalue weighted by Crippen LogP contribution is -2.53. The van der Waals surface area contributed by atoms with Crippen LogP contribution in [0.25, 0.3) is 0 Å². The van der Waals surface area contributed by atoms with Crippen LogP contribution in [-0.4, -0.2) is 30.2 Å². The van der Waals surface area contributed by atoms with Crippen molar-refractivity contribution in [3.8, 4) is 0 Å². The fourth-order valence-electron chi connectivity index (χ4n) is 2.54. The number of hydrogen-bond donors (Lipinski definition) is 1. The molecule has 3 nitrogen and oxygen atoms in total. The van der Waals surface area contributed by atoms with Crippen LogP contribution in [0.5, 0.6) is 0 Å². The van der Waals surface area contributed by atoms with Gasteiger partial charge in [0.2, 0.25) is 0 Å². The number of halogens is 1. The topological polar surface area (TPSA) is 28.2 Å². The summed E-state index contributed by atoms with van der Waals surface area (Å²) in [6.45, 7) is 5.22. The first kappa shape index (κ1) is 10.4. The number of rotatable bonds is 1. The minimum Gasteiger partial charge on any atom is -0.348 e. The number of nitrogens with one attached hydrogen (secondary N) is 1. The summed E-state index contributed by atoms with van der Waals surface area (Å²) in [5, 5.41) is 4.29. The van der Waals surface area contributed by atoms with Gasteiger partial charge in [-0.3, -0.25) is 0 Å². The Balaban J connectivity index is 1.99. The third-order valence-electron chi connectivity index (χ3n) is 3.73. The molecule has 0 amide bonds. The second-order valence-electron chi connectivity index (χ2n) is 4.79. The van der Waals surface area contributed by atoms with E-state index in [0.29, 0.717) is 5.54 Å². The van der Waals surface area contributed by atoms with Crippen molar-refractivity contribution in [1.29, 1.82) is 0 Å². The van der Waals surface area contributed by atoms with Gasteiger partial charge in [0, 0.05) is 36.4 Å². The van der Waals surface area contributed by atoms with Gasteiger partial charge in [0.15, 0.2) is 0 Å². The maximum Gasteiger partial charge on any atom is 0.133 e. The van der Waals surface area contributed by atoms with E-state index in [4.69, 9.17) is 11.6 Å². The first-order chi connectivity index (χ1) is 7.73. The molecular formula is C12H16ClN3. The van der Waals surface area contributed by atoms with Crippen LogP contribution < -0.4 is 10.2 Å². The van der Waals surface area contributed by atoms with E-state index in [1.165, 1.54) is 12.8 Å². The van der Waals surface area contributed by atoms with Crippen molar-refractivity contribution in [2.45, 2.75) is 25.3 Å². The van der Waals surface area contributed by atoms with E-state index in [9.17, 15) is 0 Å². The first-order valence-electron chi connectivity index (χ1n) is 5.82. The molecule has 0 atom stereocenters. The summed E-state index contributed by atoms with van der Waals surface area (Å²) in [5.41, 5.74) is 1.44. The monoisotopic (exact) mass is 237 g/mol. The van der Waals surface area contributed by atoms with Crippen LogP contribution in [0.1, 0.15) is 18.4 Å². The van der Waals surface area contributed by atoms with Crippen molar-refractivity contribution >= 4 is 17.4 Å². The van der Waals surface area contributed by atoms with Crippen LogP contribution in [0.3, 0.4) is 0 Å². The zero-order chi connectivity index (χ0) is 11.2. The minimum atomic E-state index is 0.334. The molecule has 0 unspecified atom stereocenters. The normalized spacial score (nSPS) is 22.5. The van der Waals surface area contributed by atoms with Gasteiger partial charge in [0.1, 0.15) is 5.82 Å². The summed E-state index contributed by atoms with van der Waals surface area (Å²) in [5.74, 6) is 1.08. The standard InChI is InChI=1S/C12H16ClN3/c1-9-10(13)2-5-15-11(9)16-7-6-14-8-12(16)3-4-12/h2,5,14H,3-4,6-8H2,1H3. The van der Waals surface area contributed by atoms with Gasteiger partial charge in [-0.05, 0) is 25.8 Å². The first-order valence-corrected chi connectivity index (χ1v) is 6.20. The molecular weight excluding hydrogens is 222 g/mol. The van der Waals surface area contributed by atoms with Gasteiger partial charge in [-0.2, -0.15) is 0 Å². The molecule has 1 spiro atoms. The number of anilines is 1. The molecule has 1 aliphatic heterocycles. The molecule has 1 aromatic heterocycles. The highest BCUT2D eigenvalue weighted by molar-refractivity contribution is 6.31. The van der Waals surface area contributed by atoms with Gasteiger partial charge in [-0.1, -0.05) is 11.6 Å². The van der Waals surface area contributed by atoms with E-state index in [-0.39, 0.29) is 0 Å². The zero-order valence-electron chi connectivity index (χ0n) is 9.46. The molecule has 0 aromatic carbocycles. The van der Waals surface area contributed by atoms with Gasteiger partial charge in [0.25, 0.3) is 0 Å². The molecule has 2 aliphatic rings. The third kappa shape index (κ3) is 1.50. The SMILES string of the molecule is Cc1c(Cl)ccnc1N1CCNCC12CC2. The van der Waals surface area contributed by atoms with Gasteiger partial charge < -0.3 is 10.2 Å². The summed E-state index contributed by atoms with van der Waals surface area (Å²) >= 11 is 6.16. The summed E-state index contributed by atoms with van der Waals surface area (Å²) < 4.78 is 0. The Morgan fingerprint density at radius 2 is 2.31 bits per heavy atom. The maximum absolute atomic E-state index is 6.16. The Hall–Kier alpha value is -0.800. The van der Waals surface area contributed by atoms with Crippen molar-refractivity contribution in [3.05, 3.63) is 22.8 Å². The third-order valence-corrected chi connectivity index (χ3v) is 4.14. The maximum atomic E-state index is 6.16. The Kier molecular flexibility index (Phi) is 2.33. The number of piperazine rings is 1. The highest BCUT2D eigenvalue weighted by Crippen LogP contribution is 2.45. The smallest absolute Gasteiger partial charge is 0.133 e. The quantitative estimate of drug-likeness (QED) is 0.810. The van der Waals surface area contributed by atoms with Crippen LogP contribution >= 0.6 is 11.6 Å². The van der Waals surface area contributed by atoms with Crippen LogP contribution in [0, 0.1) is 6.92 Å². The average molecular weight is 238 g/mol. The van der Waals surface area contributed by atoms with E-state index < -0.39 is 0 Å². The van der Waals surface area contributed by atoms with Crippen molar-refractivity contribution in [2.24, 2.45) is 0 Å². The Bertz CT molecular complexity index is 415. The molecule has 0 bridgehead atoms. The lowest BCUT2D eigenvalue weighted by Gasteiger charge is -2.38. The lowest BCUT2D eigenvalue weighted by molar-refractivity contribution is 0.459. The van der Waals surface area contributed by atoms with E-state index in [0.717, 1.165) is 36.0 Å². The predicted molar refractivity (Wildman–Crippen MR) is 66.2 cm³/mol. The molecule has 4 heteroatoms. The fraction of sp³-hybridized carbons (Fsp3) is 0.583. The largest absolute Gasteiger partial charge is 0.348 e. The molecule has 16 heavy (non-hydrogen) atoms. The van der Waals surface area contributed by atoms with Crippen molar-refractivity contribution < 1.29 is 0 Å². The summed E-state index contributed by atoms with van der Waals surface area (Å²) in [4.78, 5) is 6.96. The van der Waals surface area contributed by atoms with E-state index in [2.05, 4.69) is 22.1 Å². The number of pyridine rings is 1. The van der Waals surface area contributed by atoms with Gasteiger partial charge >= 0.3 is 0 Å². The second kappa shape index (κ2) is 3.60. The zero-order valence-corrected chi connectivity index (χ0v) is 10.2. The van der Waals surface area contributed by atoms with E-state index >= 15 is 0 Å². The van der Waals surface area contributed by atoms with Crippen LogP contribution in [0.2, 0.25) is 5.02 Å².